The lowest BCUT2D eigenvalue weighted by atomic mass is 9.87. The first-order valence-corrected chi connectivity index (χ1v) is 8.50. The van der Waals surface area contributed by atoms with Crippen LogP contribution in [0.2, 0.25) is 0 Å². The van der Waals surface area contributed by atoms with E-state index in [0.717, 1.165) is 32.1 Å². The molecule has 0 unspecified atom stereocenters. The Bertz CT molecular complexity index is 415. The van der Waals surface area contributed by atoms with Gasteiger partial charge in [0.2, 0.25) is 0 Å². The maximum absolute atomic E-state index is 8.83. The molecule has 0 bridgehead atoms. The van der Waals surface area contributed by atoms with E-state index >= 15 is 0 Å². The first kappa shape index (κ1) is 20.9. The zero-order chi connectivity index (χ0) is 17.0. The van der Waals surface area contributed by atoms with Crippen LogP contribution in [0.15, 0.2) is 47.1 Å². The molecule has 0 saturated heterocycles. The van der Waals surface area contributed by atoms with Gasteiger partial charge in [-0.1, -0.05) is 60.9 Å². The number of hydrogen-bond acceptors (Lipinski definition) is 1. The van der Waals surface area contributed by atoms with Crippen molar-refractivity contribution in [2.75, 3.05) is 6.61 Å². The fourth-order valence-corrected chi connectivity index (χ4v) is 2.17. The van der Waals surface area contributed by atoms with E-state index in [1.165, 1.54) is 16.7 Å². The van der Waals surface area contributed by atoms with Gasteiger partial charge in [0.25, 0.3) is 0 Å². The van der Waals surface area contributed by atoms with E-state index in [0.29, 0.717) is 0 Å². The minimum Gasteiger partial charge on any atom is -0.392 e. The van der Waals surface area contributed by atoms with Gasteiger partial charge in [-0.3, -0.25) is 0 Å². The summed E-state index contributed by atoms with van der Waals surface area (Å²) in [7, 11) is 0. The van der Waals surface area contributed by atoms with Crippen LogP contribution in [0.5, 0.6) is 0 Å². The Kier molecular flexibility index (Phi) is 10.9. The second-order valence-corrected chi connectivity index (χ2v) is 7.24. The monoisotopic (exact) mass is 304 g/mol. The molecule has 0 saturated carbocycles. The molecule has 22 heavy (non-hydrogen) atoms. The Hall–Kier alpha value is -1.08. The largest absolute Gasteiger partial charge is 0.392 e. The van der Waals surface area contributed by atoms with Gasteiger partial charge in [0.1, 0.15) is 0 Å². The molecule has 0 aromatic heterocycles. The predicted molar refractivity (Wildman–Crippen MR) is 100 cm³/mol. The molecule has 0 aromatic rings. The molecule has 126 valence electrons. The van der Waals surface area contributed by atoms with E-state index < -0.39 is 0 Å². The highest BCUT2D eigenvalue weighted by atomic mass is 16.2. The third-order valence-corrected chi connectivity index (χ3v) is 3.78. The summed E-state index contributed by atoms with van der Waals surface area (Å²) in [4.78, 5) is 0. The van der Waals surface area contributed by atoms with Crippen LogP contribution in [0.25, 0.3) is 0 Å². The summed E-state index contributed by atoms with van der Waals surface area (Å²) in [5.74, 6) is 0. The molecule has 0 atom stereocenters. The van der Waals surface area contributed by atoms with Crippen LogP contribution in [0.1, 0.15) is 73.6 Å². The topological polar surface area (TPSA) is 20.2 Å². The summed E-state index contributed by atoms with van der Waals surface area (Å²) < 4.78 is 0. The number of aliphatic hydroxyl groups excluding tert-OH is 1. The first-order valence-electron chi connectivity index (χ1n) is 8.50. The zero-order valence-corrected chi connectivity index (χ0v) is 15.6. The minimum absolute atomic E-state index is 0.151. The van der Waals surface area contributed by atoms with Crippen molar-refractivity contribution in [2.24, 2.45) is 5.41 Å². The lowest BCUT2D eigenvalue weighted by molar-refractivity contribution is 0.341. The molecular weight excluding hydrogens is 268 g/mol. The first-order chi connectivity index (χ1) is 10.3. The van der Waals surface area contributed by atoms with Gasteiger partial charge < -0.3 is 5.11 Å². The summed E-state index contributed by atoms with van der Waals surface area (Å²) in [6, 6.07) is 0. The molecule has 0 aliphatic carbocycles. The van der Waals surface area contributed by atoms with E-state index in [9.17, 15) is 0 Å². The lowest BCUT2D eigenvalue weighted by Crippen LogP contribution is -2.05. The number of aliphatic hydroxyl groups is 1. The molecule has 0 heterocycles. The highest BCUT2D eigenvalue weighted by Crippen LogP contribution is 2.25. The van der Waals surface area contributed by atoms with Crippen molar-refractivity contribution in [3.63, 3.8) is 0 Å². The molecule has 0 fully saturated rings. The fourth-order valence-electron chi connectivity index (χ4n) is 2.17. The second kappa shape index (κ2) is 11.5. The van der Waals surface area contributed by atoms with E-state index in [-0.39, 0.29) is 12.0 Å². The maximum Gasteiger partial charge on any atom is 0.0614 e. The highest BCUT2D eigenvalue weighted by molar-refractivity contribution is 5.07. The molecule has 0 amide bonds. The quantitative estimate of drug-likeness (QED) is 0.465. The van der Waals surface area contributed by atoms with Gasteiger partial charge in [0.15, 0.2) is 0 Å². The number of hydrogen-bond donors (Lipinski definition) is 1. The molecule has 0 rings (SSSR count). The smallest absolute Gasteiger partial charge is 0.0614 e. The number of rotatable bonds is 10. The van der Waals surface area contributed by atoms with Gasteiger partial charge in [-0.15, -0.1) is 0 Å². The normalized spacial score (nSPS) is 13.8. The average molecular weight is 305 g/mol. The zero-order valence-electron chi connectivity index (χ0n) is 15.6. The third kappa shape index (κ3) is 12.6. The van der Waals surface area contributed by atoms with E-state index in [4.69, 9.17) is 5.11 Å². The summed E-state index contributed by atoms with van der Waals surface area (Å²) in [6.45, 7) is 13.4. The summed E-state index contributed by atoms with van der Waals surface area (Å²) in [5.41, 5.74) is 4.37. The molecule has 1 heteroatoms. The van der Waals surface area contributed by atoms with Gasteiger partial charge in [0, 0.05) is 0 Å². The van der Waals surface area contributed by atoms with Crippen LogP contribution < -0.4 is 0 Å². The average Bonchev–Trinajstić information content (AvgIpc) is 2.41. The second-order valence-electron chi connectivity index (χ2n) is 7.24. The molecule has 0 radical (unpaired) electrons. The van der Waals surface area contributed by atoms with Crippen molar-refractivity contribution >= 4 is 0 Å². The third-order valence-electron chi connectivity index (χ3n) is 3.78. The molecule has 0 aliphatic heterocycles. The highest BCUT2D eigenvalue weighted by Gasteiger charge is 2.11. The maximum atomic E-state index is 8.83. The van der Waals surface area contributed by atoms with Crippen LogP contribution in [-0.2, 0) is 0 Å². The number of allylic oxidation sites excluding steroid dienone is 7. The van der Waals surface area contributed by atoms with Gasteiger partial charge in [0.05, 0.1) is 6.61 Å². The Morgan fingerprint density at radius 1 is 0.864 bits per heavy atom. The standard InChI is InChI=1S/C21H36O/c1-18(2)10-9-12-19(3)13-16-21(5,6)15-8-7-11-20(4)14-17-22/h8,10,13-15,22H,7,9,11-12,16-17H2,1-6H3/b15-8+,19-13+,20-14-. The van der Waals surface area contributed by atoms with Crippen molar-refractivity contribution in [3.8, 4) is 0 Å². The van der Waals surface area contributed by atoms with Gasteiger partial charge in [-0.25, -0.2) is 0 Å². The SMILES string of the molecule is CC(C)=CCC/C(C)=C/CC(C)(C)/C=C/CC/C(C)=C\CO. The molecule has 1 N–H and O–H groups in total. The Balaban J connectivity index is 4.22. The van der Waals surface area contributed by atoms with Gasteiger partial charge >= 0.3 is 0 Å². The van der Waals surface area contributed by atoms with Gasteiger partial charge in [-0.05, 0) is 65.2 Å². The van der Waals surface area contributed by atoms with Crippen molar-refractivity contribution in [1.82, 2.24) is 0 Å². The van der Waals surface area contributed by atoms with Crippen LogP contribution in [-0.4, -0.2) is 11.7 Å². The summed E-state index contributed by atoms with van der Waals surface area (Å²) >= 11 is 0. The molecule has 0 aliphatic rings. The van der Waals surface area contributed by atoms with E-state index in [1.807, 2.05) is 6.08 Å². The van der Waals surface area contributed by atoms with Crippen molar-refractivity contribution in [3.05, 3.63) is 47.1 Å². The minimum atomic E-state index is 0.151. The van der Waals surface area contributed by atoms with E-state index in [2.05, 4.69) is 65.8 Å². The predicted octanol–water partition coefficient (Wildman–Crippen LogP) is 6.37. The van der Waals surface area contributed by atoms with Crippen molar-refractivity contribution in [1.29, 1.82) is 0 Å². The Labute approximate surface area is 138 Å². The van der Waals surface area contributed by atoms with Crippen molar-refractivity contribution < 1.29 is 5.11 Å². The van der Waals surface area contributed by atoms with Gasteiger partial charge in [-0.2, -0.15) is 0 Å². The van der Waals surface area contributed by atoms with E-state index in [1.54, 1.807) is 0 Å². The van der Waals surface area contributed by atoms with Crippen LogP contribution >= 0.6 is 0 Å². The molecular formula is C21H36O. The summed E-state index contributed by atoms with van der Waals surface area (Å²) in [6.07, 6.45) is 16.7. The molecule has 1 nitrogen and oxygen atoms in total. The summed E-state index contributed by atoms with van der Waals surface area (Å²) in [5, 5.41) is 8.83. The van der Waals surface area contributed by atoms with Crippen LogP contribution in [0.3, 0.4) is 0 Å². The Morgan fingerprint density at radius 2 is 1.45 bits per heavy atom. The lowest BCUT2D eigenvalue weighted by Gasteiger charge is -2.18. The van der Waals surface area contributed by atoms with Crippen LogP contribution in [0.4, 0.5) is 0 Å². The van der Waals surface area contributed by atoms with Crippen LogP contribution in [0, 0.1) is 5.41 Å². The Morgan fingerprint density at radius 3 is 2.05 bits per heavy atom. The molecule has 0 spiro atoms. The fraction of sp³-hybridized carbons (Fsp3) is 0.619. The van der Waals surface area contributed by atoms with Crippen molar-refractivity contribution in [2.45, 2.75) is 73.6 Å². The molecule has 0 aromatic carbocycles.